The third-order valence-electron chi connectivity index (χ3n) is 3.48. The van der Waals surface area contributed by atoms with E-state index in [1.807, 2.05) is 0 Å². The third-order valence-corrected chi connectivity index (χ3v) is 4.53. The number of anilines is 1. The summed E-state index contributed by atoms with van der Waals surface area (Å²) in [5.74, 6) is -0.940. The molecule has 1 heterocycles. The van der Waals surface area contributed by atoms with E-state index in [4.69, 9.17) is 5.73 Å². The maximum Gasteiger partial charge on any atom is 0.416 e. The summed E-state index contributed by atoms with van der Waals surface area (Å²) < 4.78 is 53.9. The molecule has 0 saturated heterocycles. The van der Waals surface area contributed by atoms with Crippen molar-refractivity contribution < 1.29 is 22.2 Å². The fraction of sp³-hybridized carbons (Fsp3) is 0.250. The van der Waals surface area contributed by atoms with Crippen molar-refractivity contribution in [2.24, 2.45) is 5.73 Å². The molecule has 0 fully saturated rings. The first kappa shape index (κ1) is 19.7. The molecule has 2 aromatic rings. The second kappa shape index (κ2) is 7.73. The lowest BCUT2D eigenvalue weighted by Gasteiger charge is -2.12. The van der Waals surface area contributed by atoms with Gasteiger partial charge in [-0.1, -0.05) is 18.2 Å². The number of rotatable bonds is 6. The molecule has 1 unspecified atom stereocenters. The minimum absolute atomic E-state index is 0.0397. The molecule has 26 heavy (non-hydrogen) atoms. The number of nitrogens with zero attached hydrogens (tertiary/aromatic N) is 1. The van der Waals surface area contributed by atoms with Gasteiger partial charge in [0.25, 0.3) is 5.56 Å². The van der Waals surface area contributed by atoms with Crippen molar-refractivity contribution in [3.05, 3.63) is 63.6 Å². The van der Waals surface area contributed by atoms with Crippen LogP contribution in [0.15, 0.2) is 41.2 Å². The summed E-state index contributed by atoms with van der Waals surface area (Å²) in [4.78, 5) is 23.4. The Morgan fingerprint density at radius 3 is 2.58 bits per heavy atom. The Hall–Kier alpha value is -2.62. The standard InChI is InChI=1S/C16H16F3N3O3S/c1-10-5-6-13(15(24)22(10)8-14(20)23)21-26(25)9-11-3-2-4-12(7-11)16(17,18)19/h2-7,21H,8-9H2,1H3,(H2,20,23). The number of hydrogen-bond acceptors (Lipinski definition) is 3. The van der Waals surface area contributed by atoms with Crippen LogP contribution in [0, 0.1) is 6.92 Å². The third kappa shape index (κ3) is 4.94. The number of amides is 1. The average Bonchev–Trinajstić information content (AvgIpc) is 2.53. The molecule has 0 aliphatic carbocycles. The summed E-state index contributed by atoms with van der Waals surface area (Å²) in [6.07, 6.45) is -4.50. The first-order valence-corrected chi connectivity index (χ1v) is 8.69. The Balaban J connectivity index is 2.19. The van der Waals surface area contributed by atoms with Gasteiger partial charge in [-0.2, -0.15) is 13.2 Å². The molecule has 1 aromatic carbocycles. The van der Waals surface area contributed by atoms with Crippen LogP contribution in [0.2, 0.25) is 0 Å². The van der Waals surface area contributed by atoms with Crippen molar-refractivity contribution in [2.45, 2.75) is 25.4 Å². The van der Waals surface area contributed by atoms with Gasteiger partial charge in [-0.3, -0.25) is 14.3 Å². The number of alkyl halides is 3. The zero-order valence-electron chi connectivity index (χ0n) is 13.7. The molecule has 0 aliphatic rings. The maximum atomic E-state index is 12.7. The lowest BCUT2D eigenvalue weighted by molar-refractivity contribution is -0.137. The number of carbonyl (C=O) groups excluding carboxylic acids is 1. The first-order chi connectivity index (χ1) is 12.1. The highest BCUT2D eigenvalue weighted by Gasteiger charge is 2.30. The van der Waals surface area contributed by atoms with Gasteiger partial charge in [0.1, 0.15) is 23.2 Å². The molecule has 1 aromatic heterocycles. The lowest BCUT2D eigenvalue weighted by Crippen LogP contribution is -2.31. The fourth-order valence-electron chi connectivity index (χ4n) is 2.25. The quantitative estimate of drug-likeness (QED) is 0.793. The lowest BCUT2D eigenvalue weighted by atomic mass is 10.1. The second-order valence-electron chi connectivity index (χ2n) is 5.54. The Kier molecular flexibility index (Phi) is 5.86. The summed E-state index contributed by atoms with van der Waals surface area (Å²) in [5, 5.41) is 0. The molecule has 0 bridgehead atoms. The monoisotopic (exact) mass is 387 g/mol. The van der Waals surface area contributed by atoms with E-state index in [9.17, 15) is 27.0 Å². The van der Waals surface area contributed by atoms with E-state index in [1.54, 1.807) is 6.92 Å². The van der Waals surface area contributed by atoms with Crippen LogP contribution < -0.4 is 16.0 Å². The minimum Gasteiger partial charge on any atom is -0.368 e. The smallest absolute Gasteiger partial charge is 0.368 e. The van der Waals surface area contributed by atoms with Gasteiger partial charge in [0.05, 0.1) is 11.3 Å². The van der Waals surface area contributed by atoms with Crippen molar-refractivity contribution in [1.82, 2.24) is 4.57 Å². The number of halogens is 3. The van der Waals surface area contributed by atoms with Crippen molar-refractivity contribution in [1.29, 1.82) is 0 Å². The number of hydrogen-bond donors (Lipinski definition) is 2. The molecule has 0 radical (unpaired) electrons. The molecule has 0 saturated carbocycles. The number of aryl methyl sites for hydroxylation is 1. The van der Waals surface area contributed by atoms with Gasteiger partial charge >= 0.3 is 6.18 Å². The van der Waals surface area contributed by atoms with Gasteiger partial charge in [0, 0.05) is 5.69 Å². The number of aromatic nitrogens is 1. The first-order valence-electron chi connectivity index (χ1n) is 7.38. The predicted octanol–water partition coefficient (Wildman–Crippen LogP) is 1.94. The molecule has 6 nitrogen and oxygen atoms in total. The summed E-state index contributed by atoms with van der Waals surface area (Å²) in [6.45, 7) is 1.27. The Morgan fingerprint density at radius 2 is 1.96 bits per heavy atom. The Labute approximate surface area is 149 Å². The van der Waals surface area contributed by atoms with Gasteiger partial charge in [-0.05, 0) is 30.7 Å². The average molecular weight is 387 g/mol. The summed E-state index contributed by atoms with van der Waals surface area (Å²) in [7, 11) is -1.84. The number of benzene rings is 1. The second-order valence-corrected chi connectivity index (χ2v) is 6.72. The molecule has 0 aliphatic heterocycles. The van der Waals surface area contributed by atoms with Crippen LogP contribution >= 0.6 is 0 Å². The zero-order chi connectivity index (χ0) is 19.5. The molecular weight excluding hydrogens is 371 g/mol. The van der Waals surface area contributed by atoms with Crippen molar-refractivity contribution >= 4 is 22.6 Å². The van der Waals surface area contributed by atoms with E-state index in [2.05, 4.69) is 4.72 Å². The molecule has 10 heteroatoms. The minimum atomic E-state index is -4.50. The van der Waals surface area contributed by atoms with E-state index in [0.29, 0.717) is 5.69 Å². The van der Waals surface area contributed by atoms with Crippen LogP contribution in [0.25, 0.3) is 0 Å². The van der Waals surface area contributed by atoms with Crippen LogP contribution in [0.5, 0.6) is 0 Å². The Morgan fingerprint density at radius 1 is 1.27 bits per heavy atom. The molecule has 1 amide bonds. The number of carbonyl (C=O) groups is 1. The van der Waals surface area contributed by atoms with Gasteiger partial charge in [-0.25, -0.2) is 4.21 Å². The molecular formula is C16H16F3N3O3S. The number of primary amides is 1. The molecule has 0 spiro atoms. The van der Waals surface area contributed by atoms with E-state index in [0.717, 1.165) is 16.7 Å². The molecule has 3 N–H and O–H groups in total. The van der Waals surface area contributed by atoms with Gasteiger partial charge < -0.3 is 10.3 Å². The number of nitrogens with two attached hydrogens (primary N) is 1. The van der Waals surface area contributed by atoms with Crippen molar-refractivity contribution in [3.63, 3.8) is 0 Å². The predicted molar refractivity (Wildman–Crippen MR) is 91.5 cm³/mol. The van der Waals surface area contributed by atoms with Crippen molar-refractivity contribution in [3.8, 4) is 0 Å². The molecule has 1 atom stereocenters. The molecule has 2 rings (SSSR count). The largest absolute Gasteiger partial charge is 0.416 e. The van der Waals surface area contributed by atoms with E-state index in [-0.39, 0.29) is 23.5 Å². The summed E-state index contributed by atoms with van der Waals surface area (Å²) in [5.41, 5.74) is 4.31. The zero-order valence-corrected chi connectivity index (χ0v) is 14.5. The number of pyridine rings is 1. The van der Waals surface area contributed by atoms with E-state index >= 15 is 0 Å². The SMILES string of the molecule is Cc1ccc(NS(=O)Cc2cccc(C(F)(F)F)c2)c(=O)n1CC(N)=O. The normalized spacial score (nSPS) is 12.6. The van der Waals surface area contributed by atoms with Gasteiger partial charge in [-0.15, -0.1) is 0 Å². The van der Waals surface area contributed by atoms with Crippen LogP contribution in [-0.4, -0.2) is 14.7 Å². The highest BCUT2D eigenvalue weighted by atomic mass is 32.2. The van der Waals surface area contributed by atoms with Crippen molar-refractivity contribution in [2.75, 3.05) is 4.72 Å². The highest BCUT2D eigenvalue weighted by Crippen LogP contribution is 2.29. The van der Waals surface area contributed by atoms with Gasteiger partial charge in [0.2, 0.25) is 5.91 Å². The van der Waals surface area contributed by atoms with E-state index in [1.165, 1.54) is 24.3 Å². The summed E-state index contributed by atoms with van der Waals surface area (Å²) >= 11 is 0. The van der Waals surface area contributed by atoms with Crippen LogP contribution in [0.1, 0.15) is 16.8 Å². The summed E-state index contributed by atoms with van der Waals surface area (Å²) in [6, 6.07) is 7.38. The van der Waals surface area contributed by atoms with Crippen LogP contribution in [0.4, 0.5) is 18.9 Å². The Bertz CT molecular complexity index is 910. The fourth-order valence-corrected chi connectivity index (χ4v) is 3.20. The van der Waals surface area contributed by atoms with Crippen LogP contribution in [-0.2, 0) is 34.3 Å². The molecule has 140 valence electrons. The number of nitrogens with one attached hydrogen (secondary N) is 1. The topological polar surface area (TPSA) is 94.2 Å². The maximum absolute atomic E-state index is 12.7. The highest BCUT2D eigenvalue weighted by molar-refractivity contribution is 7.85. The van der Waals surface area contributed by atoms with Crippen LogP contribution in [0.3, 0.4) is 0 Å². The van der Waals surface area contributed by atoms with E-state index < -0.39 is 34.2 Å². The van der Waals surface area contributed by atoms with Gasteiger partial charge in [0.15, 0.2) is 0 Å².